The van der Waals surface area contributed by atoms with Crippen molar-refractivity contribution < 1.29 is 23.9 Å². The third kappa shape index (κ3) is 4.55. The van der Waals surface area contributed by atoms with Crippen molar-refractivity contribution in [3.05, 3.63) is 53.1 Å². The van der Waals surface area contributed by atoms with Gasteiger partial charge in [-0.2, -0.15) is 0 Å². The SMILES string of the molecule is Cc1ccc(OCC(=O)c2ccc3c(c2)N(CC(=O)N2CCCC2)C(=O)CO3)cc1C. The van der Waals surface area contributed by atoms with E-state index in [4.69, 9.17) is 9.47 Å². The molecule has 0 N–H and O–H groups in total. The number of ketones is 1. The molecule has 0 aromatic heterocycles. The third-order valence-corrected chi connectivity index (χ3v) is 5.82. The van der Waals surface area contributed by atoms with Crippen LogP contribution in [0, 0.1) is 13.8 Å². The van der Waals surface area contributed by atoms with E-state index in [9.17, 15) is 14.4 Å². The molecule has 1 saturated heterocycles. The predicted octanol–water partition coefficient (Wildman–Crippen LogP) is 2.91. The van der Waals surface area contributed by atoms with E-state index in [-0.39, 0.29) is 37.4 Å². The van der Waals surface area contributed by atoms with Gasteiger partial charge < -0.3 is 14.4 Å². The van der Waals surface area contributed by atoms with Gasteiger partial charge >= 0.3 is 0 Å². The number of hydrogen-bond donors (Lipinski definition) is 0. The number of carbonyl (C=O) groups is 3. The zero-order chi connectivity index (χ0) is 22.0. The summed E-state index contributed by atoms with van der Waals surface area (Å²) in [6.45, 7) is 5.15. The Morgan fingerprint density at radius 1 is 1.03 bits per heavy atom. The van der Waals surface area contributed by atoms with Crippen molar-refractivity contribution >= 4 is 23.3 Å². The van der Waals surface area contributed by atoms with Crippen molar-refractivity contribution in [3.8, 4) is 11.5 Å². The average Bonchev–Trinajstić information content (AvgIpc) is 3.31. The molecule has 162 valence electrons. The number of likely N-dealkylation sites (tertiary alicyclic amines) is 1. The van der Waals surface area contributed by atoms with Crippen molar-refractivity contribution in [1.82, 2.24) is 4.90 Å². The van der Waals surface area contributed by atoms with Gasteiger partial charge in [-0.25, -0.2) is 0 Å². The van der Waals surface area contributed by atoms with Gasteiger partial charge in [0.15, 0.2) is 19.0 Å². The van der Waals surface area contributed by atoms with E-state index < -0.39 is 0 Å². The van der Waals surface area contributed by atoms with E-state index in [1.165, 1.54) is 4.90 Å². The zero-order valence-electron chi connectivity index (χ0n) is 17.8. The third-order valence-electron chi connectivity index (χ3n) is 5.82. The largest absolute Gasteiger partial charge is 0.485 e. The summed E-state index contributed by atoms with van der Waals surface area (Å²) < 4.78 is 11.2. The molecule has 2 heterocycles. The molecule has 2 aromatic carbocycles. The lowest BCUT2D eigenvalue weighted by Gasteiger charge is -2.30. The number of anilines is 1. The predicted molar refractivity (Wildman–Crippen MR) is 116 cm³/mol. The van der Waals surface area contributed by atoms with Crippen molar-refractivity contribution in [2.24, 2.45) is 0 Å². The summed E-state index contributed by atoms with van der Waals surface area (Å²) in [5, 5.41) is 0. The summed E-state index contributed by atoms with van der Waals surface area (Å²) in [6.07, 6.45) is 1.97. The number of carbonyl (C=O) groups excluding carboxylic acids is 3. The van der Waals surface area contributed by atoms with Gasteiger partial charge in [0.05, 0.1) is 5.69 Å². The Morgan fingerprint density at radius 2 is 1.81 bits per heavy atom. The molecule has 0 radical (unpaired) electrons. The number of amides is 2. The smallest absolute Gasteiger partial charge is 0.265 e. The van der Waals surface area contributed by atoms with Crippen molar-refractivity contribution in [3.63, 3.8) is 0 Å². The highest BCUT2D eigenvalue weighted by atomic mass is 16.5. The van der Waals surface area contributed by atoms with Crippen LogP contribution in [0.4, 0.5) is 5.69 Å². The normalized spacial score (nSPS) is 15.5. The molecular weight excluding hydrogens is 396 g/mol. The first-order chi connectivity index (χ1) is 14.9. The quantitative estimate of drug-likeness (QED) is 0.669. The molecule has 4 rings (SSSR count). The molecule has 2 aromatic rings. The van der Waals surface area contributed by atoms with Gasteiger partial charge in [-0.05, 0) is 68.1 Å². The van der Waals surface area contributed by atoms with Crippen molar-refractivity contribution in [1.29, 1.82) is 0 Å². The number of fused-ring (bicyclic) bond motifs is 1. The van der Waals surface area contributed by atoms with Crippen LogP contribution >= 0.6 is 0 Å². The van der Waals surface area contributed by atoms with E-state index in [0.717, 1.165) is 37.1 Å². The molecule has 0 saturated carbocycles. The van der Waals surface area contributed by atoms with E-state index in [1.807, 2.05) is 32.0 Å². The summed E-state index contributed by atoms with van der Waals surface area (Å²) in [7, 11) is 0. The number of Topliss-reactive ketones (excluding diaryl/α,β-unsaturated/α-hetero) is 1. The van der Waals surface area contributed by atoms with Crippen LogP contribution in [-0.4, -0.2) is 55.3 Å². The Hall–Kier alpha value is -3.35. The molecule has 0 spiro atoms. The highest BCUT2D eigenvalue weighted by molar-refractivity contribution is 6.04. The van der Waals surface area contributed by atoms with Crippen LogP contribution in [0.25, 0.3) is 0 Å². The first kappa shape index (κ1) is 20.9. The summed E-state index contributed by atoms with van der Waals surface area (Å²) in [6, 6.07) is 10.6. The first-order valence-electron chi connectivity index (χ1n) is 10.5. The van der Waals surface area contributed by atoms with E-state index in [2.05, 4.69) is 0 Å². The molecular formula is C24H26N2O5. The van der Waals surface area contributed by atoms with E-state index in [0.29, 0.717) is 22.7 Å². The molecule has 2 amide bonds. The van der Waals surface area contributed by atoms with Crippen LogP contribution in [0.5, 0.6) is 11.5 Å². The summed E-state index contributed by atoms with van der Waals surface area (Å²) >= 11 is 0. The first-order valence-corrected chi connectivity index (χ1v) is 10.5. The molecule has 0 bridgehead atoms. The van der Waals surface area contributed by atoms with Crippen LogP contribution < -0.4 is 14.4 Å². The Morgan fingerprint density at radius 3 is 2.55 bits per heavy atom. The maximum Gasteiger partial charge on any atom is 0.265 e. The van der Waals surface area contributed by atoms with Gasteiger partial charge in [-0.1, -0.05) is 6.07 Å². The Bertz CT molecular complexity index is 1030. The van der Waals surface area contributed by atoms with Gasteiger partial charge in [-0.15, -0.1) is 0 Å². The second-order valence-electron chi connectivity index (χ2n) is 8.00. The van der Waals surface area contributed by atoms with Gasteiger partial charge in [-0.3, -0.25) is 19.3 Å². The molecule has 7 nitrogen and oxygen atoms in total. The number of benzene rings is 2. The Labute approximate surface area is 181 Å². The fourth-order valence-electron chi connectivity index (χ4n) is 3.79. The second kappa shape index (κ2) is 8.79. The lowest BCUT2D eigenvalue weighted by atomic mass is 10.1. The minimum Gasteiger partial charge on any atom is -0.485 e. The number of aryl methyl sites for hydroxylation is 2. The zero-order valence-corrected chi connectivity index (χ0v) is 17.8. The van der Waals surface area contributed by atoms with Gasteiger partial charge in [0.2, 0.25) is 5.91 Å². The lowest BCUT2D eigenvalue weighted by molar-refractivity contribution is -0.131. The summed E-state index contributed by atoms with van der Waals surface area (Å²) in [4.78, 5) is 41.0. The minimum absolute atomic E-state index is 0.0496. The van der Waals surface area contributed by atoms with E-state index >= 15 is 0 Å². The van der Waals surface area contributed by atoms with Gasteiger partial charge in [0.1, 0.15) is 18.0 Å². The summed E-state index contributed by atoms with van der Waals surface area (Å²) in [5.74, 6) is 0.514. The van der Waals surface area contributed by atoms with Crippen LogP contribution in [0.2, 0.25) is 0 Å². The number of ether oxygens (including phenoxy) is 2. The molecule has 31 heavy (non-hydrogen) atoms. The maximum absolute atomic E-state index is 12.7. The van der Waals surface area contributed by atoms with Crippen molar-refractivity contribution in [2.75, 3.05) is 37.7 Å². The maximum atomic E-state index is 12.7. The van der Waals surface area contributed by atoms with Crippen LogP contribution in [-0.2, 0) is 9.59 Å². The standard InChI is InChI=1S/C24H26N2O5/c1-16-5-7-19(11-17(16)2)30-14-21(27)18-6-8-22-20(12-18)26(24(29)15-31-22)13-23(28)25-9-3-4-10-25/h5-8,11-12H,3-4,9-10,13-15H2,1-2H3. The molecule has 0 atom stereocenters. The fraction of sp³-hybridized carbons (Fsp3) is 0.375. The van der Waals surface area contributed by atoms with Crippen LogP contribution in [0.3, 0.4) is 0 Å². The average molecular weight is 422 g/mol. The number of hydrogen-bond acceptors (Lipinski definition) is 5. The van der Waals surface area contributed by atoms with Gasteiger partial charge in [0, 0.05) is 18.7 Å². The number of nitrogens with zero attached hydrogens (tertiary/aromatic N) is 2. The molecule has 0 aliphatic carbocycles. The highest BCUT2D eigenvalue weighted by Crippen LogP contribution is 2.33. The fourth-order valence-corrected chi connectivity index (χ4v) is 3.79. The summed E-state index contributed by atoms with van der Waals surface area (Å²) in [5.41, 5.74) is 3.09. The number of rotatable bonds is 6. The van der Waals surface area contributed by atoms with Gasteiger partial charge in [0.25, 0.3) is 5.91 Å². The monoisotopic (exact) mass is 422 g/mol. The van der Waals surface area contributed by atoms with Crippen LogP contribution in [0.1, 0.15) is 34.3 Å². The molecule has 7 heteroatoms. The lowest BCUT2D eigenvalue weighted by Crippen LogP contribution is -2.46. The molecule has 0 unspecified atom stereocenters. The molecule has 2 aliphatic rings. The minimum atomic E-state index is -0.295. The van der Waals surface area contributed by atoms with Crippen LogP contribution in [0.15, 0.2) is 36.4 Å². The highest BCUT2D eigenvalue weighted by Gasteiger charge is 2.30. The van der Waals surface area contributed by atoms with Crippen molar-refractivity contribution in [2.45, 2.75) is 26.7 Å². The second-order valence-corrected chi connectivity index (χ2v) is 8.00. The molecule has 2 aliphatic heterocycles. The topological polar surface area (TPSA) is 76.2 Å². The Balaban J connectivity index is 1.49. The molecule has 1 fully saturated rings. The Kier molecular flexibility index (Phi) is 5.93. The van der Waals surface area contributed by atoms with E-state index in [1.54, 1.807) is 23.1 Å².